The second-order valence-corrected chi connectivity index (χ2v) is 11.6. The number of thioether (sulfide) groups is 1. The van der Waals surface area contributed by atoms with Crippen molar-refractivity contribution in [2.75, 3.05) is 17.8 Å². The molecule has 0 aliphatic rings. The van der Waals surface area contributed by atoms with Gasteiger partial charge in [0.1, 0.15) is 21.5 Å². The van der Waals surface area contributed by atoms with E-state index in [0.717, 1.165) is 31.1 Å². The molecule has 0 aliphatic heterocycles. The molecule has 2 aromatic carbocycles. The molecular weight excluding hydrogens is 568 g/mol. The van der Waals surface area contributed by atoms with E-state index in [1.54, 1.807) is 11.8 Å². The first-order valence-corrected chi connectivity index (χ1v) is 14.2. The molecule has 0 amide bonds. The number of halogens is 1. The molecule has 1 N–H and O–H groups in total. The molecule has 0 radical (unpaired) electrons. The number of benzene rings is 2. The molecule has 0 spiro atoms. The summed E-state index contributed by atoms with van der Waals surface area (Å²) in [6.07, 6.45) is 2.08. The number of anilines is 1. The number of aliphatic imine (C=N–C) groups is 1. The molecular formula is C23H23BrN6O2S3. The van der Waals surface area contributed by atoms with Crippen LogP contribution < -0.4 is 14.8 Å². The summed E-state index contributed by atoms with van der Waals surface area (Å²) < 4.78 is 12.2. The van der Waals surface area contributed by atoms with Crippen LogP contribution in [-0.4, -0.2) is 39.3 Å². The highest BCUT2D eigenvalue weighted by Crippen LogP contribution is 2.36. The van der Waals surface area contributed by atoms with Gasteiger partial charge in [0.25, 0.3) is 0 Å². The minimum atomic E-state index is 0.134. The first kappa shape index (κ1) is 25.5. The Morgan fingerprint density at radius 1 is 1.03 bits per heavy atom. The Balaban J connectivity index is 1.30. The van der Waals surface area contributed by atoms with Crippen molar-refractivity contribution in [1.29, 1.82) is 0 Å². The van der Waals surface area contributed by atoms with Gasteiger partial charge in [-0.15, -0.1) is 20.4 Å². The zero-order valence-corrected chi connectivity index (χ0v) is 23.1. The quantitative estimate of drug-likeness (QED) is 0.111. The van der Waals surface area contributed by atoms with Gasteiger partial charge in [0, 0.05) is 10.9 Å². The van der Waals surface area contributed by atoms with Gasteiger partial charge in [-0.05, 0) is 49.1 Å². The normalized spacial score (nSPS) is 12.1. The summed E-state index contributed by atoms with van der Waals surface area (Å²) in [4.78, 5) is 4.27. The molecule has 2 aromatic heterocycles. The smallest absolute Gasteiger partial charge is 0.234 e. The van der Waals surface area contributed by atoms with Gasteiger partial charge in [-0.3, -0.25) is 0 Å². The van der Waals surface area contributed by atoms with E-state index in [9.17, 15) is 0 Å². The fraction of sp³-hybridized carbons (Fsp3) is 0.261. The topological polar surface area (TPSA) is 94.4 Å². The third kappa shape index (κ3) is 7.99. The molecule has 0 aliphatic carbocycles. The van der Waals surface area contributed by atoms with Crippen LogP contribution in [0.4, 0.5) is 10.3 Å². The Bertz CT molecular complexity index is 1230. The zero-order valence-electron chi connectivity index (χ0n) is 19.1. The van der Waals surface area contributed by atoms with E-state index in [0.29, 0.717) is 24.0 Å². The van der Waals surface area contributed by atoms with E-state index >= 15 is 0 Å². The molecule has 0 fully saturated rings. The molecule has 12 heteroatoms. The Morgan fingerprint density at radius 2 is 1.80 bits per heavy atom. The number of hydrogen-bond donors (Lipinski definition) is 1. The van der Waals surface area contributed by atoms with Crippen LogP contribution in [0.2, 0.25) is 0 Å². The molecule has 4 aromatic rings. The van der Waals surface area contributed by atoms with Gasteiger partial charge >= 0.3 is 0 Å². The second-order valence-electron chi connectivity index (χ2n) is 7.16. The van der Waals surface area contributed by atoms with Gasteiger partial charge in [0.15, 0.2) is 13.1 Å². The van der Waals surface area contributed by atoms with Gasteiger partial charge in [-0.25, -0.2) is 0 Å². The molecule has 8 nitrogen and oxygen atoms in total. The van der Waals surface area contributed by atoms with Crippen molar-refractivity contribution in [2.24, 2.45) is 4.99 Å². The summed E-state index contributed by atoms with van der Waals surface area (Å²) >= 11 is 8.17. The molecule has 0 saturated carbocycles. The number of aromatic nitrogens is 4. The molecule has 35 heavy (non-hydrogen) atoms. The number of nitrogens with one attached hydrogen (secondary N) is 1. The van der Waals surface area contributed by atoms with E-state index in [1.165, 1.54) is 34.6 Å². The lowest BCUT2D eigenvalue weighted by atomic mass is 10.2. The summed E-state index contributed by atoms with van der Waals surface area (Å²) in [5.74, 6) is 2.46. The average Bonchev–Trinajstić information content (AvgIpc) is 3.51. The van der Waals surface area contributed by atoms with Crippen LogP contribution in [0.1, 0.15) is 27.8 Å². The largest absolute Gasteiger partial charge is 0.473 e. The third-order valence-electron chi connectivity index (χ3n) is 4.55. The maximum absolute atomic E-state index is 5.73. The number of hydrogen-bond acceptors (Lipinski definition) is 11. The highest BCUT2D eigenvalue weighted by atomic mass is 79.9. The van der Waals surface area contributed by atoms with Crippen LogP contribution in [-0.2, 0) is 6.42 Å². The van der Waals surface area contributed by atoms with Gasteiger partial charge in [0.05, 0.1) is 5.25 Å². The Kier molecular flexibility index (Phi) is 9.46. The fourth-order valence-corrected chi connectivity index (χ4v) is 5.87. The van der Waals surface area contributed by atoms with Crippen LogP contribution in [0, 0.1) is 6.92 Å². The predicted octanol–water partition coefficient (Wildman–Crippen LogP) is 6.68. The van der Waals surface area contributed by atoms with E-state index < -0.39 is 0 Å². The third-order valence-corrected chi connectivity index (χ3v) is 8.20. The molecule has 4 rings (SSSR count). The minimum absolute atomic E-state index is 0.134. The second kappa shape index (κ2) is 13.0. The SMILES string of the molecule is CCSC(Cc1nnc(/N=C\Oc2ccc(Br)cc2)s1)c1nnc(NCOc2ccc(C)cc2)s1. The van der Waals surface area contributed by atoms with Crippen molar-refractivity contribution in [3.63, 3.8) is 0 Å². The van der Waals surface area contributed by atoms with Crippen molar-refractivity contribution >= 4 is 67.0 Å². The van der Waals surface area contributed by atoms with Crippen LogP contribution in [0.5, 0.6) is 11.5 Å². The number of rotatable bonds is 12. The Morgan fingerprint density at radius 3 is 2.57 bits per heavy atom. The zero-order chi connectivity index (χ0) is 24.5. The molecule has 1 unspecified atom stereocenters. The molecule has 0 saturated heterocycles. The van der Waals surface area contributed by atoms with Gasteiger partial charge in [-0.1, -0.05) is 63.2 Å². The summed E-state index contributed by atoms with van der Waals surface area (Å²) in [7, 11) is 0. The van der Waals surface area contributed by atoms with Crippen molar-refractivity contribution < 1.29 is 9.47 Å². The Labute approximate surface area is 224 Å². The monoisotopic (exact) mass is 590 g/mol. The van der Waals surface area contributed by atoms with E-state index in [-0.39, 0.29) is 5.25 Å². The van der Waals surface area contributed by atoms with Crippen molar-refractivity contribution in [1.82, 2.24) is 20.4 Å². The summed E-state index contributed by atoms with van der Waals surface area (Å²) in [5, 5.41) is 23.5. The standard InChI is InChI=1S/C23H23BrN6O2S3/c1-3-33-19(21-28-30-23(35-21)26-14-31-17-8-4-15(2)5-9-17)12-20-27-29-22(34-20)25-13-32-18-10-6-16(24)7-11-18/h4-11,13,19H,3,12,14H2,1-2H3,(H,26,30)/b25-13-. The predicted molar refractivity (Wildman–Crippen MR) is 148 cm³/mol. The first-order valence-electron chi connectivity index (χ1n) is 10.7. The molecule has 182 valence electrons. The van der Waals surface area contributed by atoms with Crippen LogP contribution in [0.25, 0.3) is 0 Å². The lowest BCUT2D eigenvalue weighted by Crippen LogP contribution is -2.08. The van der Waals surface area contributed by atoms with Gasteiger partial charge in [0.2, 0.25) is 10.3 Å². The van der Waals surface area contributed by atoms with E-state index in [4.69, 9.17) is 9.47 Å². The fourth-order valence-electron chi connectivity index (χ4n) is 2.85. The number of aryl methyl sites for hydroxylation is 1. The van der Waals surface area contributed by atoms with Gasteiger partial charge in [-0.2, -0.15) is 16.8 Å². The first-order chi connectivity index (χ1) is 17.1. The highest BCUT2D eigenvalue weighted by Gasteiger charge is 2.20. The lowest BCUT2D eigenvalue weighted by Gasteiger charge is -2.10. The van der Waals surface area contributed by atoms with Crippen molar-refractivity contribution in [3.05, 3.63) is 68.6 Å². The maximum atomic E-state index is 5.73. The number of nitrogens with zero attached hydrogens (tertiary/aromatic N) is 5. The maximum Gasteiger partial charge on any atom is 0.234 e. The van der Waals surface area contributed by atoms with Gasteiger partial charge < -0.3 is 14.8 Å². The number of ether oxygens (including phenoxy) is 2. The van der Waals surface area contributed by atoms with Crippen molar-refractivity contribution in [3.8, 4) is 11.5 Å². The highest BCUT2D eigenvalue weighted by molar-refractivity contribution is 9.10. The van der Waals surface area contributed by atoms with Crippen LogP contribution in [0.3, 0.4) is 0 Å². The van der Waals surface area contributed by atoms with E-state index in [2.05, 4.69) is 53.6 Å². The van der Waals surface area contributed by atoms with Crippen LogP contribution in [0.15, 0.2) is 58.0 Å². The minimum Gasteiger partial charge on any atom is -0.473 e. The molecule has 1 atom stereocenters. The molecule has 2 heterocycles. The summed E-state index contributed by atoms with van der Waals surface area (Å²) in [6, 6.07) is 15.5. The molecule has 0 bridgehead atoms. The lowest BCUT2D eigenvalue weighted by molar-refractivity contribution is 0.346. The van der Waals surface area contributed by atoms with Crippen LogP contribution >= 0.6 is 50.4 Å². The van der Waals surface area contributed by atoms with Crippen molar-refractivity contribution in [2.45, 2.75) is 25.5 Å². The summed E-state index contributed by atoms with van der Waals surface area (Å²) in [5.41, 5.74) is 1.20. The van der Waals surface area contributed by atoms with E-state index in [1.807, 2.05) is 55.5 Å². The summed E-state index contributed by atoms with van der Waals surface area (Å²) in [6.45, 7) is 4.50. The average molecular weight is 592 g/mol. The Hall–Kier alpha value is -2.54.